The van der Waals surface area contributed by atoms with E-state index in [9.17, 15) is 24.3 Å². The molecule has 0 aliphatic heterocycles. The number of carbonyl (C=O) groups excluding carboxylic acids is 4. The summed E-state index contributed by atoms with van der Waals surface area (Å²) in [5, 5.41) is 15.2. The van der Waals surface area contributed by atoms with Crippen LogP contribution in [0.15, 0.2) is 48.5 Å². The summed E-state index contributed by atoms with van der Waals surface area (Å²) >= 11 is 0. The molecule has 2 aromatic carbocycles. The maximum absolute atomic E-state index is 14.0. The molecular formula is C28H37N3O7. The molecule has 0 aliphatic carbocycles. The summed E-state index contributed by atoms with van der Waals surface area (Å²) < 4.78 is 10.0. The Bertz CT molecular complexity index is 1130. The molecule has 3 N–H and O–H groups in total. The van der Waals surface area contributed by atoms with E-state index >= 15 is 0 Å². The van der Waals surface area contributed by atoms with Crippen molar-refractivity contribution >= 4 is 23.9 Å². The number of amides is 3. The van der Waals surface area contributed by atoms with Gasteiger partial charge in [-0.3, -0.25) is 14.4 Å². The van der Waals surface area contributed by atoms with Gasteiger partial charge in [0.05, 0.1) is 7.11 Å². The first-order chi connectivity index (χ1) is 17.9. The minimum atomic E-state index is -1.16. The van der Waals surface area contributed by atoms with Gasteiger partial charge in [0.25, 0.3) is 0 Å². The number of esters is 1. The largest absolute Gasteiger partial charge is 0.508 e. The van der Waals surface area contributed by atoms with Crippen molar-refractivity contribution in [2.75, 3.05) is 20.2 Å². The minimum Gasteiger partial charge on any atom is -0.508 e. The average Bonchev–Trinajstić information content (AvgIpc) is 2.86. The first-order valence-corrected chi connectivity index (χ1v) is 12.3. The Morgan fingerprint density at radius 1 is 1.05 bits per heavy atom. The van der Waals surface area contributed by atoms with Gasteiger partial charge in [0.1, 0.15) is 30.0 Å². The maximum Gasteiger partial charge on any atom is 0.408 e. The molecule has 2 unspecified atom stereocenters. The van der Waals surface area contributed by atoms with Crippen LogP contribution in [-0.2, 0) is 30.3 Å². The predicted octanol–water partition coefficient (Wildman–Crippen LogP) is 3.02. The highest BCUT2D eigenvalue weighted by Crippen LogP contribution is 2.27. The van der Waals surface area contributed by atoms with Gasteiger partial charge in [0.15, 0.2) is 0 Å². The molecule has 0 aromatic heterocycles. The van der Waals surface area contributed by atoms with E-state index in [4.69, 9.17) is 4.74 Å². The summed E-state index contributed by atoms with van der Waals surface area (Å²) in [6, 6.07) is 11.5. The summed E-state index contributed by atoms with van der Waals surface area (Å²) in [4.78, 5) is 53.0. The van der Waals surface area contributed by atoms with Crippen molar-refractivity contribution in [1.82, 2.24) is 15.5 Å². The highest BCUT2D eigenvalue weighted by molar-refractivity contribution is 5.93. The highest BCUT2D eigenvalue weighted by atomic mass is 16.6. The predicted molar refractivity (Wildman–Crippen MR) is 141 cm³/mol. The van der Waals surface area contributed by atoms with Gasteiger partial charge in [-0.2, -0.15) is 0 Å². The summed E-state index contributed by atoms with van der Waals surface area (Å²) in [5.41, 5.74) is 0.942. The van der Waals surface area contributed by atoms with Gasteiger partial charge in [-0.15, -0.1) is 0 Å². The second-order valence-electron chi connectivity index (χ2n) is 9.76. The topological polar surface area (TPSA) is 134 Å². The molecule has 2 atom stereocenters. The third-order valence-electron chi connectivity index (χ3n) is 5.63. The smallest absolute Gasteiger partial charge is 0.408 e. The highest BCUT2D eigenvalue weighted by Gasteiger charge is 2.36. The van der Waals surface area contributed by atoms with E-state index in [1.165, 1.54) is 24.1 Å². The SMILES string of the molecule is CCN(C(=O)C(Cc1ccccc1)NC(=O)OC(C)(C)C)C(C(=O)NCC(=O)OC)c1ccc(O)c(C)c1. The molecule has 0 bridgehead atoms. The molecular weight excluding hydrogens is 490 g/mol. The van der Waals surface area contributed by atoms with Gasteiger partial charge in [0.2, 0.25) is 11.8 Å². The van der Waals surface area contributed by atoms with E-state index in [1.807, 2.05) is 30.3 Å². The van der Waals surface area contributed by atoms with E-state index < -0.39 is 48.1 Å². The quantitative estimate of drug-likeness (QED) is 0.404. The van der Waals surface area contributed by atoms with Crippen molar-refractivity contribution in [1.29, 1.82) is 0 Å². The number of rotatable bonds is 10. The molecule has 0 saturated heterocycles. The van der Waals surface area contributed by atoms with Crippen LogP contribution in [0.4, 0.5) is 4.79 Å². The van der Waals surface area contributed by atoms with Crippen molar-refractivity contribution in [2.45, 2.75) is 58.7 Å². The van der Waals surface area contributed by atoms with Crippen LogP contribution >= 0.6 is 0 Å². The number of aromatic hydroxyl groups is 1. The number of phenolic OH excluding ortho intramolecular Hbond substituents is 1. The van der Waals surface area contributed by atoms with Crippen LogP contribution in [0.1, 0.15) is 50.4 Å². The standard InChI is InChI=1S/C28H37N3O7/c1-7-31(24(25(34)29-17-23(33)37-6)20-13-14-22(32)18(2)15-20)26(35)21(16-19-11-9-8-10-12-19)30-27(36)38-28(3,4)5/h8-15,21,24,32H,7,16-17H2,1-6H3,(H,29,34)(H,30,36). The summed E-state index contributed by atoms with van der Waals surface area (Å²) in [7, 11) is 1.20. The third kappa shape index (κ3) is 8.79. The number of nitrogens with zero attached hydrogens (tertiary/aromatic N) is 1. The molecule has 0 saturated carbocycles. The Labute approximate surface area is 223 Å². The fourth-order valence-corrected chi connectivity index (χ4v) is 3.82. The van der Waals surface area contributed by atoms with Crippen LogP contribution in [-0.4, -0.2) is 65.7 Å². The number of hydrogen-bond donors (Lipinski definition) is 3. The van der Waals surface area contributed by atoms with Gasteiger partial charge in [-0.25, -0.2) is 4.79 Å². The molecule has 10 heteroatoms. The van der Waals surface area contributed by atoms with Gasteiger partial charge < -0.3 is 30.1 Å². The summed E-state index contributed by atoms with van der Waals surface area (Å²) in [6.07, 6.45) is -0.615. The minimum absolute atomic E-state index is 0.0328. The molecule has 2 aromatic rings. The van der Waals surface area contributed by atoms with E-state index in [2.05, 4.69) is 15.4 Å². The maximum atomic E-state index is 14.0. The number of ether oxygens (including phenoxy) is 2. The number of hydrogen-bond acceptors (Lipinski definition) is 7. The Hall–Kier alpha value is -4.08. The van der Waals surface area contributed by atoms with E-state index in [-0.39, 0.29) is 18.7 Å². The van der Waals surface area contributed by atoms with Crippen molar-refractivity contribution in [3.8, 4) is 5.75 Å². The zero-order chi connectivity index (χ0) is 28.5. The van der Waals surface area contributed by atoms with Crippen LogP contribution in [0.5, 0.6) is 5.75 Å². The monoisotopic (exact) mass is 527 g/mol. The van der Waals surface area contributed by atoms with E-state index in [0.717, 1.165) is 5.56 Å². The van der Waals surface area contributed by atoms with Crippen molar-refractivity contribution in [3.63, 3.8) is 0 Å². The molecule has 38 heavy (non-hydrogen) atoms. The Morgan fingerprint density at radius 3 is 2.26 bits per heavy atom. The number of aryl methyl sites for hydroxylation is 1. The molecule has 0 heterocycles. The van der Waals surface area contributed by atoms with Crippen LogP contribution in [0.25, 0.3) is 0 Å². The van der Waals surface area contributed by atoms with Gasteiger partial charge >= 0.3 is 12.1 Å². The Balaban J connectivity index is 2.48. The van der Waals surface area contributed by atoms with Gasteiger partial charge in [-0.05, 0) is 63.4 Å². The number of methoxy groups -OCH3 is 1. The van der Waals surface area contributed by atoms with Gasteiger partial charge in [-0.1, -0.05) is 36.4 Å². The number of likely N-dealkylation sites (N-methyl/N-ethyl adjacent to an activating group) is 1. The lowest BCUT2D eigenvalue weighted by atomic mass is 9.99. The summed E-state index contributed by atoms with van der Waals surface area (Å²) in [6.45, 7) is 8.24. The molecule has 0 spiro atoms. The van der Waals surface area contributed by atoms with Crippen LogP contribution in [0.2, 0.25) is 0 Å². The fourth-order valence-electron chi connectivity index (χ4n) is 3.82. The van der Waals surface area contributed by atoms with Crippen molar-refractivity contribution < 1.29 is 33.8 Å². The normalized spacial score (nSPS) is 12.6. The average molecular weight is 528 g/mol. The molecule has 0 aliphatic rings. The number of phenols is 1. The van der Waals surface area contributed by atoms with E-state index in [1.54, 1.807) is 40.7 Å². The first-order valence-electron chi connectivity index (χ1n) is 12.3. The first kappa shape index (κ1) is 30.1. The van der Waals surface area contributed by atoms with Gasteiger partial charge in [0, 0.05) is 13.0 Å². The molecule has 10 nitrogen and oxygen atoms in total. The zero-order valence-electron chi connectivity index (χ0n) is 22.7. The fraction of sp³-hybridized carbons (Fsp3) is 0.429. The van der Waals surface area contributed by atoms with Crippen molar-refractivity contribution in [2.24, 2.45) is 0 Å². The number of carbonyl (C=O) groups is 4. The lowest BCUT2D eigenvalue weighted by molar-refractivity contribution is -0.144. The lowest BCUT2D eigenvalue weighted by Gasteiger charge is -2.34. The van der Waals surface area contributed by atoms with Crippen LogP contribution < -0.4 is 10.6 Å². The molecule has 3 amide bonds. The number of alkyl carbamates (subject to hydrolysis) is 1. The van der Waals surface area contributed by atoms with Crippen molar-refractivity contribution in [3.05, 3.63) is 65.2 Å². The zero-order valence-corrected chi connectivity index (χ0v) is 22.7. The number of benzene rings is 2. The summed E-state index contributed by atoms with van der Waals surface area (Å²) in [5.74, 6) is -1.76. The Morgan fingerprint density at radius 2 is 1.71 bits per heavy atom. The molecule has 0 radical (unpaired) electrons. The number of nitrogens with one attached hydrogen (secondary N) is 2. The molecule has 0 fully saturated rings. The second kappa shape index (κ2) is 13.5. The lowest BCUT2D eigenvalue weighted by Crippen LogP contribution is -2.54. The van der Waals surface area contributed by atoms with Crippen LogP contribution in [0.3, 0.4) is 0 Å². The van der Waals surface area contributed by atoms with Crippen LogP contribution in [0, 0.1) is 6.92 Å². The second-order valence-corrected chi connectivity index (χ2v) is 9.76. The molecule has 2 rings (SSSR count). The third-order valence-corrected chi connectivity index (χ3v) is 5.63. The van der Waals surface area contributed by atoms with E-state index in [0.29, 0.717) is 11.1 Å². The Kier molecular flexibility index (Phi) is 10.7. The molecule has 206 valence electrons.